The Bertz CT molecular complexity index is 668. The van der Waals surface area contributed by atoms with Crippen LogP contribution in [0.1, 0.15) is 10.4 Å². The minimum atomic E-state index is -0.173. The maximum atomic E-state index is 12.5. The number of para-hydroxylation sites is 1. The van der Waals surface area contributed by atoms with Crippen LogP contribution in [0, 0.1) is 0 Å². The zero-order chi connectivity index (χ0) is 15.5. The molecular weight excluding hydrogens is 300 g/mol. The van der Waals surface area contributed by atoms with Gasteiger partial charge in [0.15, 0.2) is 0 Å². The molecule has 1 heterocycles. The molecule has 5 heteroatoms. The Balaban J connectivity index is 1.68. The average Bonchev–Trinajstić information content (AvgIpc) is 2.57. The Morgan fingerprint density at radius 2 is 1.68 bits per heavy atom. The van der Waals surface area contributed by atoms with Crippen molar-refractivity contribution in [3.8, 4) is 5.75 Å². The molecule has 1 aliphatic rings. The molecule has 1 amide bonds. The minimum Gasteiger partial charge on any atom is -0.507 e. The van der Waals surface area contributed by atoms with Crippen LogP contribution < -0.4 is 4.90 Å². The summed E-state index contributed by atoms with van der Waals surface area (Å²) in [5.74, 6) is -0.201. The third-order valence-corrected chi connectivity index (χ3v) is 4.11. The fraction of sp³-hybridized carbons (Fsp3) is 0.235. The molecule has 0 aliphatic carbocycles. The molecule has 2 aromatic carbocycles. The van der Waals surface area contributed by atoms with Crippen molar-refractivity contribution >= 4 is 23.2 Å². The Hall–Kier alpha value is -2.20. The van der Waals surface area contributed by atoms with Crippen LogP contribution in [0.5, 0.6) is 5.75 Å². The molecule has 1 N–H and O–H groups in total. The van der Waals surface area contributed by atoms with E-state index in [1.807, 2.05) is 18.2 Å². The molecule has 114 valence electrons. The fourth-order valence-corrected chi connectivity index (χ4v) is 2.83. The van der Waals surface area contributed by atoms with Crippen LogP contribution in [0.25, 0.3) is 0 Å². The van der Waals surface area contributed by atoms with E-state index in [0.717, 1.165) is 13.1 Å². The van der Waals surface area contributed by atoms with Crippen LogP contribution in [0.2, 0.25) is 5.02 Å². The van der Waals surface area contributed by atoms with Gasteiger partial charge < -0.3 is 14.9 Å². The van der Waals surface area contributed by atoms with Crippen molar-refractivity contribution in [3.05, 3.63) is 59.1 Å². The van der Waals surface area contributed by atoms with E-state index in [-0.39, 0.29) is 17.2 Å². The van der Waals surface area contributed by atoms with E-state index < -0.39 is 0 Å². The Morgan fingerprint density at radius 1 is 1.00 bits per heavy atom. The highest BCUT2D eigenvalue weighted by molar-refractivity contribution is 6.31. The first-order valence-corrected chi connectivity index (χ1v) is 7.61. The molecular formula is C17H17ClN2O2. The Kier molecular flexibility index (Phi) is 4.20. The first kappa shape index (κ1) is 14.7. The van der Waals surface area contributed by atoms with Crippen molar-refractivity contribution in [2.45, 2.75) is 0 Å². The average molecular weight is 317 g/mol. The number of piperazine rings is 1. The lowest BCUT2D eigenvalue weighted by atomic mass is 10.1. The van der Waals surface area contributed by atoms with Gasteiger partial charge in [-0.25, -0.2) is 0 Å². The van der Waals surface area contributed by atoms with Gasteiger partial charge in [0.05, 0.1) is 5.56 Å². The van der Waals surface area contributed by atoms with Crippen LogP contribution in [-0.2, 0) is 0 Å². The lowest BCUT2D eigenvalue weighted by Crippen LogP contribution is -2.48. The standard InChI is InChI=1S/C17H17ClN2O2/c18-13-6-7-16(21)15(12-13)17(22)20-10-8-19(9-11-20)14-4-2-1-3-5-14/h1-7,12,21H,8-11H2. The molecule has 0 saturated carbocycles. The number of hydrogen-bond acceptors (Lipinski definition) is 3. The SMILES string of the molecule is O=C(c1cc(Cl)ccc1O)N1CCN(c2ccccc2)CC1. The number of hydrogen-bond donors (Lipinski definition) is 1. The second-order valence-electron chi connectivity index (χ2n) is 5.28. The van der Waals surface area contributed by atoms with Gasteiger partial charge in [0, 0.05) is 36.9 Å². The van der Waals surface area contributed by atoms with Gasteiger partial charge in [-0.05, 0) is 30.3 Å². The molecule has 0 spiro atoms. The molecule has 0 aromatic heterocycles. The third kappa shape index (κ3) is 3.02. The highest BCUT2D eigenvalue weighted by atomic mass is 35.5. The van der Waals surface area contributed by atoms with Gasteiger partial charge in [0.25, 0.3) is 5.91 Å². The van der Waals surface area contributed by atoms with Gasteiger partial charge in [0.1, 0.15) is 5.75 Å². The van der Waals surface area contributed by atoms with E-state index >= 15 is 0 Å². The summed E-state index contributed by atoms with van der Waals surface area (Å²) in [5, 5.41) is 10.3. The summed E-state index contributed by atoms with van der Waals surface area (Å²) < 4.78 is 0. The zero-order valence-corrected chi connectivity index (χ0v) is 12.8. The molecule has 4 nitrogen and oxygen atoms in total. The fourth-order valence-electron chi connectivity index (χ4n) is 2.66. The van der Waals surface area contributed by atoms with Gasteiger partial charge in [-0.2, -0.15) is 0 Å². The highest BCUT2D eigenvalue weighted by Gasteiger charge is 2.24. The Labute approximate surface area is 134 Å². The number of phenols is 1. The minimum absolute atomic E-state index is 0.0279. The summed E-state index contributed by atoms with van der Waals surface area (Å²) in [7, 11) is 0. The van der Waals surface area contributed by atoms with Gasteiger partial charge >= 0.3 is 0 Å². The van der Waals surface area contributed by atoms with E-state index in [1.165, 1.54) is 17.8 Å². The molecule has 22 heavy (non-hydrogen) atoms. The molecule has 2 aromatic rings. The third-order valence-electron chi connectivity index (χ3n) is 3.88. The normalized spacial score (nSPS) is 15.0. The molecule has 1 saturated heterocycles. The number of amides is 1. The van der Waals surface area contributed by atoms with E-state index in [1.54, 1.807) is 11.0 Å². The lowest BCUT2D eigenvalue weighted by molar-refractivity contribution is 0.0744. The molecule has 3 rings (SSSR count). The number of rotatable bonds is 2. The summed E-state index contributed by atoms with van der Waals surface area (Å²) in [4.78, 5) is 16.5. The van der Waals surface area contributed by atoms with Gasteiger partial charge in [-0.3, -0.25) is 4.79 Å². The summed E-state index contributed by atoms with van der Waals surface area (Å²) >= 11 is 5.91. The largest absolute Gasteiger partial charge is 0.507 e. The maximum Gasteiger partial charge on any atom is 0.257 e. The van der Waals surface area contributed by atoms with Gasteiger partial charge in [0.2, 0.25) is 0 Å². The highest BCUT2D eigenvalue weighted by Crippen LogP contribution is 2.24. The van der Waals surface area contributed by atoms with Crippen molar-refractivity contribution in [1.29, 1.82) is 0 Å². The van der Waals surface area contributed by atoms with Crippen molar-refractivity contribution in [3.63, 3.8) is 0 Å². The van der Waals surface area contributed by atoms with E-state index in [4.69, 9.17) is 11.6 Å². The Morgan fingerprint density at radius 3 is 2.36 bits per heavy atom. The number of carbonyl (C=O) groups is 1. The predicted molar refractivity (Wildman–Crippen MR) is 87.7 cm³/mol. The molecule has 0 bridgehead atoms. The van der Waals surface area contributed by atoms with E-state index in [0.29, 0.717) is 18.1 Å². The lowest BCUT2D eigenvalue weighted by Gasteiger charge is -2.36. The first-order chi connectivity index (χ1) is 10.6. The van der Waals surface area contributed by atoms with Crippen LogP contribution >= 0.6 is 11.6 Å². The van der Waals surface area contributed by atoms with Crippen LogP contribution in [0.15, 0.2) is 48.5 Å². The summed E-state index contributed by atoms with van der Waals surface area (Å²) in [5.41, 5.74) is 1.43. The number of halogens is 1. The first-order valence-electron chi connectivity index (χ1n) is 7.23. The van der Waals surface area contributed by atoms with Crippen molar-refractivity contribution in [1.82, 2.24) is 4.90 Å². The molecule has 0 atom stereocenters. The van der Waals surface area contributed by atoms with Gasteiger partial charge in [-0.15, -0.1) is 0 Å². The van der Waals surface area contributed by atoms with E-state index in [9.17, 15) is 9.90 Å². The van der Waals surface area contributed by atoms with E-state index in [2.05, 4.69) is 17.0 Å². The molecule has 1 fully saturated rings. The number of phenolic OH excluding ortho intramolecular Hbond substituents is 1. The second kappa shape index (κ2) is 6.28. The van der Waals surface area contributed by atoms with Crippen LogP contribution in [0.4, 0.5) is 5.69 Å². The monoisotopic (exact) mass is 316 g/mol. The predicted octanol–water partition coefficient (Wildman–Crippen LogP) is 3.01. The quantitative estimate of drug-likeness (QED) is 0.926. The molecule has 1 aliphatic heterocycles. The molecule has 0 unspecified atom stereocenters. The number of benzene rings is 2. The summed E-state index contributed by atoms with van der Waals surface area (Å²) in [6, 6.07) is 14.7. The number of aromatic hydroxyl groups is 1. The van der Waals surface area contributed by atoms with Crippen molar-refractivity contribution < 1.29 is 9.90 Å². The summed E-state index contributed by atoms with van der Waals surface area (Å²) in [6.45, 7) is 2.80. The maximum absolute atomic E-state index is 12.5. The number of nitrogens with zero attached hydrogens (tertiary/aromatic N) is 2. The topological polar surface area (TPSA) is 43.8 Å². The number of anilines is 1. The number of carbonyl (C=O) groups excluding carboxylic acids is 1. The zero-order valence-electron chi connectivity index (χ0n) is 12.1. The van der Waals surface area contributed by atoms with Crippen molar-refractivity contribution in [2.24, 2.45) is 0 Å². The second-order valence-corrected chi connectivity index (χ2v) is 5.71. The van der Waals surface area contributed by atoms with Crippen molar-refractivity contribution in [2.75, 3.05) is 31.1 Å². The van der Waals surface area contributed by atoms with Gasteiger partial charge in [-0.1, -0.05) is 29.8 Å². The smallest absolute Gasteiger partial charge is 0.257 e. The summed E-state index contributed by atoms with van der Waals surface area (Å²) in [6.07, 6.45) is 0. The molecule has 0 radical (unpaired) electrons. The van der Waals surface area contributed by atoms with Crippen LogP contribution in [0.3, 0.4) is 0 Å². The van der Waals surface area contributed by atoms with Crippen LogP contribution in [-0.4, -0.2) is 42.1 Å².